The predicted octanol–water partition coefficient (Wildman–Crippen LogP) is 3.65. The second kappa shape index (κ2) is 6.88. The normalized spacial score (nSPS) is 22.4. The molecule has 0 unspecified atom stereocenters. The van der Waals surface area contributed by atoms with Gasteiger partial charge in [-0.15, -0.1) is 0 Å². The molecule has 0 spiro atoms. The average Bonchev–Trinajstić information content (AvgIpc) is 2.66. The van der Waals surface area contributed by atoms with Gasteiger partial charge >= 0.3 is 0 Å². The zero-order chi connectivity index (χ0) is 18.3. The van der Waals surface area contributed by atoms with E-state index in [4.69, 9.17) is 4.98 Å². The molecule has 5 rings (SSSR count). The van der Waals surface area contributed by atoms with Gasteiger partial charge in [0.05, 0.1) is 18.7 Å². The fourth-order valence-electron chi connectivity index (χ4n) is 4.34. The van der Waals surface area contributed by atoms with Crippen molar-refractivity contribution in [1.82, 2.24) is 9.97 Å². The van der Waals surface area contributed by atoms with E-state index < -0.39 is 0 Å². The molecule has 0 saturated carbocycles. The molecule has 2 bridgehead atoms. The Morgan fingerprint density at radius 2 is 1.96 bits per heavy atom. The molecule has 3 aliphatic rings. The molecule has 1 aromatic carbocycles. The van der Waals surface area contributed by atoms with Gasteiger partial charge in [-0.25, -0.2) is 4.98 Å². The van der Waals surface area contributed by atoms with Crippen molar-refractivity contribution in [3.63, 3.8) is 0 Å². The van der Waals surface area contributed by atoms with E-state index in [1.807, 2.05) is 6.92 Å². The van der Waals surface area contributed by atoms with Crippen LogP contribution in [0.4, 0.5) is 11.8 Å². The molecule has 26 heavy (non-hydrogen) atoms. The quantitative estimate of drug-likeness (QED) is 0.860. The first-order valence-corrected chi connectivity index (χ1v) is 9.65. The Morgan fingerprint density at radius 3 is 2.69 bits per heavy atom. The second-order valence-corrected chi connectivity index (χ2v) is 7.94. The summed E-state index contributed by atoms with van der Waals surface area (Å²) in [5.41, 5.74) is 3.92. The lowest BCUT2D eigenvalue weighted by atomic mass is 9.75. The van der Waals surface area contributed by atoms with Crippen LogP contribution in [0.15, 0.2) is 30.3 Å². The molecular formula is C21H28N4O. The number of nitrogens with zero attached hydrogens (tertiary/aromatic N) is 3. The molecule has 5 heteroatoms. The van der Waals surface area contributed by atoms with Crippen LogP contribution in [0, 0.1) is 12.8 Å². The number of aromatic nitrogens is 2. The van der Waals surface area contributed by atoms with Gasteiger partial charge < -0.3 is 15.3 Å². The number of rotatable bonds is 5. The van der Waals surface area contributed by atoms with Crippen molar-refractivity contribution < 1.29 is 5.11 Å². The van der Waals surface area contributed by atoms with Gasteiger partial charge in [0.2, 0.25) is 5.95 Å². The molecule has 3 atom stereocenters. The van der Waals surface area contributed by atoms with E-state index in [1.54, 1.807) is 0 Å². The third-order valence-corrected chi connectivity index (χ3v) is 5.83. The zero-order valence-corrected chi connectivity index (χ0v) is 15.8. The molecule has 3 heterocycles. The van der Waals surface area contributed by atoms with Gasteiger partial charge in [-0.3, -0.25) is 0 Å². The van der Waals surface area contributed by atoms with Crippen LogP contribution in [-0.2, 0) is 0 Å². The lowest BCUT2D eigenvalue weighted by Gasteiger charge is -2.47. The monoisotopic (exact) mass is 352 g/mol. The van der Waals surface area contributed by atoms with Gasteiger partial charge in [-0.1, -0.05) is 38.1 Å². The third kappa shape index (κ3) is 3.05. The van der Waals surface area contributed by atoms with Gasteiger partial charge in [0.1, 0.15) is 5.82 Å². The van der Waals surface area contributed by atoms with Crippen molar-refractivity contribution in [2.45, 2.75) is 51.6 Å². The van der Waals surface area contributed by atoms with E-state index in [1.165, 1.54) is 24.0 Å². The van der Waals surface area contributed by atoms with Gasteiger partial charge in [0.15, 0.2) is 0 Å². The summed E-state index contributed by atoms with van der Waals surface area (Å²) in [5.74, 6) is 2.50. The van der Waals surface area contributed by atoms with Crippen LogP contribution in [0.2, 0.25) is 0 Å². The van der Waals surface area contributed by atoms with E-state index in [2.05, 4.69) is 59.4 Å². The number of anilines is 2. The third-order valence-electron chi connectivity index (χ3n) is 5.83. The fraction of sp³-hybridized carbons (Fsp3) is 0.524. The predicted molar refractivity (Wildman–Crippen MR) is 105 cm³/mol. The van der Waals surface area contributed by atoms with Crippen molar-refractivity contribution in [3.05, 3.63) is 47.2 Å². The van der Waals surface area contributed by atoms with E-state index in [0.717, 1.165) is 18.1 Å². The standard InChI is InChI=1S/C21H28N4O/c1-13(2)18(12-26)23-21-22-14(3)10-20(24-21)25-11-15-8-9-19(25)17-7-5-4-6-16(15)17/h4-7,10,13,15,18-19,26H,8-9,11-12H2,1-3H3,(H,22,23,24)/t15-,18+,19+/m1/s1. The maximum Gasteiger partial charge on any atom is 0.225 e. The van der Waals surface area contributed by atoms with Crippen LogP contribution >= 0.6 is 0 Å². The van der Waals surface area contributed by atoms with Gasteiger partial charge in [-0.2, -0.15) is 4.98 Å². The minimum atomic E-state index is -0.0387. The van der Waals surface area contributed by atoms with Crippen LogP contribution in [0.25, 0.3) is 0 Å². The minimum absolute atomic E-state index is 0.0387. The van der Waals surface area contributed by atoms with Gasteiger partial charge in [0.25, 0.3) is 0 Å². The molecule has 1 aliphatic carbocycles. The number of nitrogens with one attached hydrogen (secondary N) is 1. The SMILES string of the molecule is Cc1cc(N2C[C@H]3CC[C@H]2c2ccccc23)nc(N[C@@H](CO)C(C)C)n1. The molecule has 0 radical (unpaired) electrons. The Hall–Kier alpha value is -2.14. The Bertz CT molecular complexity index is 791. The lowest BCUT2D eigenvalue weighted by molar-refractivity contribution is 0.248. The summed E-state index contributed by atoms with van der Waals surface area (Å²) in [6.45, 7) is 7.28. The fourth-order valence-corrected chi connectivity index (χ4v) is 4.34. The van der Waals surface area contributed by atoms with Crippen LogP contribution < -0.4 is 10.2 Å². The van der Waals surface area contributed by atoms with Gasteiger partial charge in [-0.05, 0) is 36.8 Å². The maximum atomic E-state index is 9.61. The van der Waals surface area contributed by atoms with Crippen LogP contribution in [0.1, 0.15) is 55.5 Å². The maximum absolute atomic E-state index is 9.61. The van der Waals surface area contributed by atoms with Crippen LogP contribution in [0.5, 0.6) is 0 Å². The summed E-state index contributed by atoms with van der Waals surface area (Å²) in [7, 11) is 0. The number of hydrogen-bond donors (Lipinski definition) is 2. The Labute approximate surface area is 155 Å². The molecular weight excluding hydrogens is 324 g/mol. The number of benzene rings is 1. The second-order valence-electron chi connectivity index (χ2n) is 7.94. The van der Waals surface area contributed by atoms with Crippen LogP contribution in [-0.4, -0.2) is 34.3 Å². The topological polar surface area (TPSA) is 61.3 Å². The summed E-state index contributed by atoms with van der Waals surface area (Å²) < 4.78 is 0. The van der Waals surface area contributed by atoms with Crippen molar-refractivity contribution in [3.8, 4) is 0 Å². The first kappa shape index (κ1) is 17.3. The van der Waals surface area contributed by atoms with E-state index in [9.17, 15) is 5.11 Å². The number of aliphatic hydroxyl groups excluding tert-OH is 1. The highest BCUT2D eigenvalue weighted by Gasteiger charge is 2.38. The molecule has 138 valence electrons. The van der Waals surface area contributed by atoms with Gasteiger partial charge in [0, 0.05) is 24.2 Å². The van der Waals surface area contributed by atoms with E-state index in [-0.39, 0.29) is 12.6 Å². The molecule has 2 N–H and O–H groups in total. The molecule has 2 aliphatic heterocycles. The zero-order valence-electron chi connectivity index (χ0n) is 15.8. The first-order chi connectivity index (χ1) is 12.6. The highest BCUT2D eigenvalue weighted by molar-refractivity contribution is 5.53. The summed E-state index contributed by atoms with van der Waals surface area (Å²) in [6.07, 6.45) is 2.44. The highest BCUT2D eigenvalue weighted by Crippen LogP contribution is 2.47. The van der Waals surface area contributed by atoms with Crippen LogP contribution in [0.3, 0.4) is 0 Å². The largest absolute Gasteiger partial charge is 0.394 e. The Morgan fingerprint density at radius 1 is 1.19 bits per heavy atom. The molecule has 2 aromatic rings. The molecule has 0 amide bonds. The lowest BCUT2D eigenvalue weighted by Crippen LogP contribution is -2.43. The van der Waals surface area contributed by atoms with Crippen molar-refractivity contribution in [2.75, 3.05) is 23.4 Å². The smallest absolute Gasteiger partial charge is 0.225 e. The molecule has 1 saturated heterocycles. The first-order valence-electron chi connectivity index (χ1n) is 9.65. The number of fused-ring (bicyclic) bond motifs is 2. The van der Waals surface area contributed by atoms with Crippen molar-refractivity contribution in [1.29, 1.82) is 0 Å². The molecule has 1 aromatic heterocycles. The Kier molecular flexibility index (Phi) is 4.57. The van der Waals surface area contributed by atoms with Crippen molar-refractivity contribution >= 4 is 11.8 Å². The van der Waals surface area contributed by atoms with Crippen molar-refractivity contribution in [2.24, 2.45) is 5.92 Å². The summed E-state index contributed by atoms with van der Waals surface area (Å²) >= 11 is 0. The molecule has 1 fully saturated rings. The Balaban J connectivity index is 1.65. The number of hydrogen-bond acceptors (Lipinski definition) is 5. The minimum Gasteiger partial charge on any atom is -0.394 e. The number of aliphatic hydroxyl groups is 1. The number of piperidine rings is 1. The molecule has 5 nitrogen and oxygen atoms in total. The highest BCUT2D eigenvalue weighted by atomic mass is 16.3. The summed E-state index contributed by atoms with van der Waals surface area (Å²) in [6, 6.07) is 11.3. The summed E-state index contributed by atoms with van der Waals surface area (Å²) in [4.78, 5) is 11.8. The van der Waals surface area contributed by atoms with E-state index in [0.29, 0.717) is 23.8 Å². The summed E-state index contributed by atoms with van der Waals surface area (Å²) in [5, 5.41) is 12.9. The average molecular weight is 352 g/mol. The van der Waals surface area contributed by atoms with E-state index >= 15 is 0 Å². The number of aryl methyl sites for hydroxylation is 1.